The largest absolute Gasteiger partial charge is 0.314 e. The van der Waals surface area contributed by atoms with Gasteiger partial charge in [-0.25, -0.2) is 0 Å². The van der Waals surface area contributed by atoms with Gasteiger partial charge in [-0.1, -0.05) is 6.92 Å². The first kappa shape index (κ1) is 13.3. The third-order valence-electron chi connectivity index (χ3n) is 3.95. The Bertz CT molecular complexity index is 226. The third kappa shape index (κ3) is 4.57. The van der Waals surface area contributed by atoms with E-state index >= 15 is 0 Å². The van der Waals surface area contributed by atoms with Gasteiger partial charge in [-0.2, -0.15) is 0 Å². The summed E-state index contributed by atoms with van der Waals surface area (Å²) in [5.74, 6) is 0.790. The van der Waals surface area contributed by atoms with Gasteiger partial charge in [-0.3, -0.25) is 4.90 Å². The highest BCUT2D eigenvalue weighted by molar-refractivity contribution is 4.84. The highest BCUT2D eigenvalue weighted by atomic mass is 15.2. The molecule has 3 heteroatoms. The molecule has 1 aliphatic heterocycles. The van der Waals surface area contributed by atoms with Crippen molar-refractivity contribution in [1.82, 2.24) is 15.1 Å². The van der Waals surface area contributed by atoms with Crippen molar-refractivity contribution in [3.8, 4) is 0 Å². The van der Waals surface area contributed by atoms with Crippen LogP contribution in [-0.2, 0) is 0 Å². The first-order valence-corrected chi connectivity index (χ1v) is 7.27. The molecule has 1 N–H and O–H groups in total. The molecule has 2 atom stereocenters. The topological polar surface area (TPSA) is 18.5 Å². The van der Waals surface area contributed by atoms with Crippen LogP contribution in [-0.4, -0.2) is 62.2 Å². The van der Waals surface area contributed by atoms with Gasteiger partial charge < -0.3 is 10.2 Å². The van der Waals surface area contributed by atoms with Crippen LogP contribution in [0.5, 0.6) is 0 Å². The predicted molar refractivity (Wildman–Crippen MR) is 73.3 cm³/mol. The Hall–Kier alpha value is -0.120. The SMILES string of the molecule is CC(CNC1CC1)CN1CCCC1CN(C)C. The Labute approximate surface area is 107 Å². The van der Waals surface area contributed by atoms with Gasteiger partial charge in [-0.05, 0) is 58.8 Å². The van der Waals surface area contributed by atoms with Crippen LogP contribution in [0.1, 0.15) is 32.6 Å². The summed E-state index contributed by atoms with van der Waals surface area (Å²) in [5.41, 5.74) is 0. The van der Waals surface area contributed by atoms with Crippen molar-refractivity contribution in [2.24, 2.45) is 5.92 Å². The minimum Gasteiger partial charge on any atom is -0.314 e. The average molecular weight is 239 g/mol. The lowest BCUT2D eigenvalue weighted by atomic mass is 10.1. The van der Waals surface area contributed by atoms with Gasteiger partial charge in [0.25, 0.3) is 0 Å². The highest BCUT2D eigenvalue weighted by Crippen LogP contribution is 2.21. The summed E-state index contributed by atoms with van der Waals surface area (Å²) in [6.07, 6.45) is 5.58. The molecular weight excluding hydrogens is 210 g/mol. The predicted octanol–water partition coefficient (Wildman–Crippen LogP) is 1.40. The first-order valence-electron chi connectivity index (χ1n) is 7.27. The van der Waals surface area contributed by atoms with Crippen LogP contribution in [0.25, 0.3) is 0 Å². The van der Waals surface area contributed by atoms with Crippen molar-refractivity contribution >= 4 is 0 Å². The lowest BCUT2D eigenvalue weighted by molar-refractivity contribution is 0.184. The number of nitrogens with one attached hydrogen (secondary N) is 1. The van der Waals surface area contributed by atoms with Crippen molar-refractivity contribution in [3.05, 3.63) is 0 Å². The molecule has 1 aliphatic carbocycles. The summed E-state index contributed by atoms with van der Waals surface area (Å²) in [6, 6.07) is 1.65. The minimum absolute atomic E-state index is 0.790. The first-order chi connectivity index (χ1) is 8.15. The maximum Gasteiger partial charge on any atom is 0.0223 e. The molecule has 0 aromatic heterocycles. The van der Waals surface area contributed by atoms with E-state index < -0.39 is 0 Å². The molecule has 2 unspecified atom stereocenters. The Morgan fingerprint density at radius 2 is 2.06 bits per heavy atom. The number of likely N-dealkylation sites (N-methyl/N-ethyl adjacent to an activating group) is 1. The number of nitrogens with zero attached hydrogens (tertiary/aromatic N) is 2. The lowest BCUT2D eigenvalue weighted by Crippen LogP contribution is -2.41. The van der Waals surface area contributed by atoms with Crippen LogP contribution >= 0.6 is 0 Å². The van der Waals surface area contributed by atoms with E-state index in [-0.39, 0.29) is 0 Å². The molecule has 1 heterocycles. The maximum absolute atomic E-state index is 3.65. The van der Waals surface area contributed by atoms with Crippen molar-refractivity contribution in [2.75, 3.05) is 40.3 Å². The van der Waals surface area contributed by atoms with Crippen molar-refractivity contribution < 1.29 is 0 Å². The van der Waals surface area contributed by atoms with Crippen LogP contribution < -0.4 is 5.32 Å². The average Bonchev–Trinajstić information content (AvgIpc) is 3.00. The van der Waals surface area contributed by atoms with E-state index in [0.717, 1.165) is 18.0 Å². The fourth-order valence-electron chi connectivity index (χ4n) is 2.88. The molecular formula is C14H29N3. The van der Waals surface area contributed by atoms with Crippen LogP contribution in [0.2, 0.25) is 0 Å². The second-order valence-corrected chi connectivity index (χ2v) is 6.34. The van der Waals surface area contributed by atoms with E-state index in [1.165, 1.54) is 51.9 Å². The van der Waals surface area contributed by atoms with Gasteiger partial charge in [0.2, 0.25) is 0 Å². The molecule has 1 saturated heterocycles. The summed E-state index contributed by atoms with van der Waals surface area (Å²) in [7, 11) is 4.38. The fraction of sp³-hybridized carbons (Fsp3) is 1.00. The zero-order chi connectivity index (χ0) is 12.3. The van der Waals surface area contributed by atoms with E-state index in [4.69, 9.17) is 0 Å². The third-order valence-corrected chi connectivity index (χ3v) is 3.95. The monoisotopic (exact) mass is 239 g/mol. The molecule has 1 saturated carbocycles. The smallest absolute Gasteiger partial charge is 0.0223 e. The van der Waals surface area contributed by atoms with E-state index in [1.54, 1.807) is 0 Å². The summed E-state index contributed by atoms with van der Waals surface area (Å²) >= 11 is 0. The summed E-state index contributed by atoms with van der Waals surface area (Å²) in [6.45, 7) is 7.41. The Kier molecular flexibility index (Phi) is 4.83. The zero-order valence-corrected chi connectivity index (χ0v) is 11.8. The second kappa shape index (κ2) is 6.17. The van der Waals surface area contributed by atoms with E-state index in [1.807, 2.05) is 0 Å². The van der Waals surface area contributed by atoms with Crippen LogP contribution in [0.3, 0.4) is 0 Å². The standard InChI is InChI=1S/C14H29N3/c1-12(9-15-13-6-7-13)10-17-8-4-5-14(17)11-16(2)3/h12-15H,4-11H2,1-3H3. The summed E-state index contributed by atoms with van der Waals surface area (Å²) in [4.78, 5) is 5.04. The van der Waals surface area contributed by atoms with Crippen LogP contribution in [0.4, 0.5) is 0 Å². The molecule has 100 valence electrons. The van der Waals surface area contributed by atoms with Gasteiger partial charge >= 0.3 is 0 Å². The van der Waals surface area contributed by atoms with E-state index in [2.05, 4.69) is 36.1 Å². The second-order valence-electron chi connectivity index (χ2n) is 6.34. The molecule has 0 amide bonds. The quantitative estimate of drug-likeness (QED) is 0.724. The molecule has 3 nitrogen and oxygen atoms in total. The van der Waals surface area contributed by atoms with Gasteiger partial charge in [0, 0.05) is 25.2 Å². The Balaban J connectivity index is 1.68. The molecule has 2 aliphatic rings. The Morgan fingerprint density at radius 1 is 1.29 bits per heavy atom. The molecule has 0 spiro atoms. The van der Waals surface area contributed by atoms with Gasteiger partial charge in [-0.15, -0.1) is 0 Å². The molecule has 0 bridgehead atoms. The lowest BCUT2D eigenvalue weighted by Gasteiger charge is -2.29. The summed E-state index contributed by atoms with van der Waals surface area (Å²) < 4.78 is 0. The van der Waals surface area contributed by atoms with Crippen LogP contribution in [0.15, 0.2) is 0 Å². The molecule has 2 fully saturated rings. The van der Waals surface area contributed by atoms with Gasteiger partial charge in [0.1, 0.15) is 0 Å². The fourth-order valence-corrected chi connectivity index (χ4v) is 2.88. The minimum atomic E-state index is 0.790. The van der Waals surface area contributed by atoms with Gasteiger partial charge in [0.15, 0.2) is 0 Å². The van der Waals surface area contributed by atoms with E-state index in [0.29, 0.717) is 0 Å². The number of hydrogen-bond donors (Lipinski definition) is 1. The highest BCUT2D eigenvalue weighted by Gasteiger charge is 2.26. The molecule has 0 aromatic carbocycles. The molecule has 17 heavy (non-hydrogen) atoms. The number of hydrogen-bond acceptors (Lipinski definition) is 3. The summed E-state index contributed by atoms with van der Waals surface area (Å²) in [5, 5.41) is 3.65. The number of rotatable bonds is 7. The van der Waals surface area contributed by atoms with E-state index in [9.17, 15) is 0 Å². The van der Waals surface area contributed by atoms with Crippen molar-refractivity contribution in [1.29, 1.82) is 0 Å². The zero-order valence-electron chi connectivity index (χ0n) is 11.8. The molecule has 0 aromatic rings. The Morgan fingerprint density at radius 3 is 2.71 bits per heavy atom. The normalized spacial score (nSPS) is 27.9. The molecule has 2 rings (SSSR count). The number of likely N-dealkylation sites (tertiary alicyclic amines) is 1. The maximum atomic E-state index is 3.65. The van der Waals surface area contributed by atoms with Crippen molar-refractivity contribution in [3.63, 3.8) is 0 Å². The van der Waals surface area contributed by atoms with Crippen LogP contribution in [0, 0.1) is 5.92 Å². The van der Waals surface area contributed by atoms with Crippen molar-refractivity contribution in [2.45, 2.75) is 44.7 Å². The molecule has 0 radical (unpaired) electrons. The van der Waals surface area contributed by atoms with Gasteiger partial charge in [0.05, 0.1) is 0 Å².